The molecular weight excluding hydrogens is 226 g/mol. The lowest BCUT2D eigenvalue weighted by molar-refractivity contribution is 0.839. The summed E-state index contributed by atoms with van der Waals surface area (Å²) in [5.41, 5.74) is 4.29. The fourth-order valence-corrected chi connectivity index (χ4v) is 3.33. The highest BCUT2D eigenvalue weighted by atomic mass is 32.1. The molecule has 0 saturated carbocycles. The van der Waals surface area contributed by atoms with Gasteiger partial charge in [0.2, 0.25) is 0 Å². The van der Waals surface area contributed by atoms with Gasteiger partial charge >= 0.3 is 0 Å². The lowest BCUT2D eigenvalue weighted by Crippen LogP contribution is -2.04. The molecule has 2 heteroatoms. The molecule has 1 atom stereocenters. The predicted molar refractivity (Wildman–Crippen MR) is 74.9 cm³/mol. The van der Waals surface area contributed by atoms with E-state index in [4.69, 9.17) is 0 Å². The molecule has 1 aliphatic rings. The van der Waals surface area contributed by atoms with E-state index < -0.39 is 0 Å². The highest BCUT2D eigenvalue weighted by molar-refractivity contribution is 7.10. The topological polar surface area (TPSA) is 12.0 Å². The van der Waals surface area contributed by atoms with Crippen LogP contribution in [0.3, 0.4) is 0 Å². The van der Waals surface area contributed by atoms with E-state index in [9.17, 15) is 0 Å². The third-order valence-corrected chi connectivity index (χ3v) is 4.42. The summed E-state index contributed by atoms with van der Waals surface area (Å²) in [7, 11) is 0. The van der Waals surface area contributed by atoms with E-state index in [1.807, 2.05) is 11.3 Å². The van der Waals surface area contributed by atoms with Gasteiger partial charge in [-0.05, 0) is 34.9 Å². The average molecular weight is 243 g/mol. The molecule has 0 fully saturated rings. The number of hydrogen-bond acceptors (Lipinski definition) is 2. The Morgan fingerprint density at radius 3 is 2.82 bits per heavy atom. The fraction of sp³-hybridized carbons (Fsp3) is 0.333. The van der Waals surface area contributed by atoms with Crippen LogP contribution in [-0.4, -0.2) is 0 Å². The van der Waals surface area contributed by atoms with Gasteiger partial charge in [0, 0.05) is 10.6 Å². The normalized spacial score (nSPS) is 18.2. The van der Waals surface area contributed by atoms with Crippen molar-refractivity contribution in [3.05, 3.63) is 51.7 Å². The first-order chi connectivity index (χ1) is 8.25. The van der Waals surface area contributed by atoms with Crippen LogP contribution in [0.5, 0.6) is 0 Å². The fourth-order valence-electron chi connectivity index (χ4n) is 2.55. The predicted octanol–water partition coefficient (Wildman–Crippen LogP) is 4.58. The Kier molecular flexibility index (Phi) is 2.67. The molecule has 1 aliphatic heterocycles. The average Bonchev–Trinajstić information content (AvgIpc) is 2.96. The molecule has 0 saturated heterocycles. The Bertz CT molecular complexity index is 514. The molecule has 1 aromatic heterocycles. The van der Waals surface area contributed by atoms with Crippen LogP contribution in [0.1, 0.15) is 41.8 Å². The molecular formula is C15H17NS. The SMILES string of the molecule is CC(C)c1cccc2c1NC(c1cccs1)C2. The number of rotatable bonds is 2. The first-order valence-corrected chi connectivity index (χ1v) is 7.05. The molecule has 88 valence electrons. The van der Waals surface area contributed by atoms with Gasteiger partial charge < -0.3 is 5.32 Å². The van der Waals surface area contributed by atoms with Gasteiger partial charge in [-0.15, -0.1) is 11.3 Å². The molecule has 1 aromatic carbocycles. The summed E-state index contributed by atoms with van der Waals surface area (Å²) in [6.45, 7) is 4.52. The smallest absolute Gasteiger partial charge is 0.0647 e. The van der Waals surface area contributed by atoms with E-state index in [1.165, 1.54) is 21.7 Å². The number of hydrogen-bond donors (Lipinski definition) is 1. The zero-order chi connectivity index (χ0) is 11.8. The van der Waals surface area contributed by atoms with Crippen LogP contribution in [0.15, 0.2) is 35.7 Å². The van der Waals surface area contributed by atoms with E-state index in [-0.39, 0.29) is 0 Å². The zero-order valence-corrected chi connectivity index (χ0v) is 11.1. The van der Waals surface area contributed by atoms with Crippen LogP contribution in [0.4, 0.5) is 5.69 Å². The van der Waals surface area contributed by atoms with Gasteiger partial charge in [-0.3, -0.25) is 0 Å². The third kappa shape index (κ3) is 1.87. The minimum atomic E-state index is 0.477. The van der Waals surface area contributed by atoms with Gasteiger partial charge in [-0.25, -0.2) is 0 Å². The summed E-state index contributed by atoms with van der Waals surface area (Å²) in [5, 5.41) is 5.85. The van der Waals surface area contributed by atoms with Crippen molar-refractivity contribution in [1.29, 1.82) is 0 Å². The number of nitrogens with one attached hydrogen (secondary N) is 1. The number of thiophene rings is 1. The number of anilines is 1. The standard InChI is InChI=1S/C15H17NS/c1-10(2)12-6-3-5-11-9-13(16-15(11)12)14-7-4-8-17-14/h3-8,10,13,16H,9H2,1-2H3. The second-order valence-electron chi connectivity index (χ2n) is 4.95. The monoisotopic (exact) mass is 243 g/mol. The number of benzene rings is 1. The van der Waals surface area contributed by atoms with Gasteiger partial charge in [0.1, 0.15) is 0 Å². The van der Waals surface area contributed by atoms with Gasteiger partial charge in [0.15, 0.2) is 0 Å². The van der Waals surface area contributed by atoms with Crippen molar-refractivity contribution in [2.24, 2.45) is 0 Å². The van der Waals surface area contributed by atoms with Gasteiger partial charge in [0.05, 0.1) is 6.04 Å². The second kappa shape index (κ2) is 4.19. The van der Waals surface area contributed by atoms with Crippen molar-refractivity contribution in [2.75, 3.05) is 5.32 Å². The van der Waals surface area contributed by atoms with Crippen molar-refractivity contribution < 1.29 is 0 Å². The summed E-state index contributed by atoms with van der Waals surface area (Å²) < 4.78 is 0. The molecule has 0 amide bonds. The first kappa shape index (κ1) is 10.8. The Balaban J connectivity index is 1.95. The third-order valence-electron chi connectivity index (χ3n) is 3.43. The summed E-state index contributed by atoms with van der Waals surface area (Å²) >= 11 is 1.84. The molecule has 0 aliphatic carbocycles. The number of para-hydroxylation sites is 1. The first-order valence-electron chi connectivity index (χ1n) is 6.17. The zero-order valence-electron chi connectivity index (χ0n) is 10.2. The van der Waals surface area contributed by atoms with Gasteiger partial charge in [-0.1, -0.05) is 38.1 Å². The van der Waals surface area contributed by atoms with E-state index >= 15 is 0 Å². The molecule has 1 N–H and O–H groups in total. The van der Waals surface area contributed by atoms with E-state index in [0.717, 1.165) is 6.42 Å². The maximum Gasteiger partial charge on any atom is 0.0647 e. The maximum atomic E-state index is 3.70. The van der Waals surface area contributed by atoms with Crippen LogP contribution >= 0.6 is 11.3 Å². The van der Waals surface area contributed by atoms with E-state index in [1.54, 1.807) is 0 Å². The van der Waals surface area contributed by atoms with Crippen LogP contribution < -0.4 is 5.32 Å². The van der Waals surface area contributed by atoms with Crippen molar-refractivity contribution in [3.63, 3.8) is 0 Å². The largest absolute Gasteiger partial charge is 0.377 e. The molecule has 0 radical (unpaired) electrons. The number of fused-ring (bicyclic) bond motifs is 1. The van der Waals surface area contributed by atoms with Crippen LogP contribution in [-0.2, 0) is 6.42 Å². The van der Waals surface area contributed by atoms with Crippen LogP contribution in [0.25, 0.3) is 0 Å². The van der Waals surface area contributed by atoms with Gasteiger partial charge in [0.25, 0.3) is 0 Å². The van der Waals surface area contributed by atoms with Crippen LogP contribution in [0.2, 0.25) is 0 Å². The molecule has 2 aromatic rings. The maximum absolute atomic E-state index is 3.70. The summed E-state index contributed by atoms with van der Waals surface area (Å²) in [4.78, 5) is 1.44. The van der Waals surface area contributed by atoms with Crippen molar-refractivity contribution in [2.45, 2.75) is 32.2 Å². The highest BCUT2D eigenvalue weighted by Gasteiger charge is 2.25. The Hall–Kier alpha value is -1.28. The minimum absolute atomic E-state index is 0.477. The Labute approximate surface area is 106 Å². The van der Waals surface area contributed by atoms with Crippen molar-refractivity contribution >= 4 is 17.0 Å². The molecule has 17 heavy (non-hydrogen) atoms. The summed E-state index contributed by atoms with van der Waals surface area (Å²) in [5.74, 6) is 0.583. The molecule has 3 rings (SSSR count). The van der Waals surface area contributed by atoms with Gasteiger partial charge in [-0.2, -0.15) is 0 Å². The molecule has 1 nitrogen and oxygen atoms in total. The Morgan fingerprint density at radius 2 is 2.12 bits per heavy atom. The minimum Gasteiger partial charge on any atom is -0.377 e. The molecule has 0 bridgehead atoms. The summed E-state index contributed by atoms with van der Waals surface area (Å²) in [6, 6.07) is 11.5. The lowest BCUT2D eigenvalue weighted by atomic mass is 9.98. The van der Waals surface area contributed by atoms with Crippen molar-refractivity contribution in [1.82, 2.24) is 0 Å². The van der Waals surface area contributed by atoms with E-state index in [2.05, 4.69) is 54.9 Å². The Morgan fingerprint density at radius 1 is 1.24 bits per heavy atom. The quantitative estimate of drug-likeness (QED) is 0.814. The lowest BCUT2D eigenvalue weighted by Gasteiger charge is -2.13. The van der Waals surface area contributed by atoms with Crippen molar-refractivity contribution in [3.8, 4) is 0 Å². The molecule has 1 unspecified atom stereocenters. The summed E-state index contributed by atoms with van der Waals surface area (Å²) in [6.07, 6.45) is 1.12. The highest BCUT2D eigenvalue weighted by Crippen LogP contribution is 2.40. The van der Waals surface area contributed by atoms with Crippen LogP contribution in [0, 0.1) is 0 Å². The van der Waals surface area contributed by atoms with E-state index in [0.29, 0.717) is 12.0 Å². The molecule has 2 heterocycles. The molecule has 0 spiro atoms. The second-order valence-corrected chi connectivity index (χ2v) is 5.93.